The molecule has 0 bridgehead atoms. The predicted molar refractivity (Wildman–Crippen MR) is 186 cm³/mol. The summed E-state index contributed by atoms with van der Waals surface area (Å²) in [5, 5.41) is 13.4. The number of unbranched alkanes of at least 4 members (excludes halogenated alkanes) is 5. The van der Waals surface area contributed by atoms with E-state index < -0.39 is 0 Å². The second-order valence-corrected chi connectivity index (χ2v) is 12.3. The third-order valence-corrected chi connectivity index (χ3v) is 9.57. The molecule has 0 unspecified atom stereocenters. The van der Waals surface area contributed by atoms with Crippen LogP contribution in [0.3, 0.4) is 0 Å². The average Bonchev–Trinajstić information content (AvgIpc) is 3.09. The van der Waals surface area contributed by atoms with Crippen molar-refractivity contribution in [1.82, 2.24) is 0 Å². The van der Waals surface area contributed by atoms with Gasteiger partial charge >= 0.3 is 0 Å². The Morgan fingerprint density at radius 1 is 0.311 bits per heavy atom. The lowest BCUT2D eigenvalue weighted by Crippen LogP contribution is -3.00. The lowest BCUT2D eigenvalue weighted by Gasteiger charge is -2.09. The van der Waals surface area contributed by atoms with Gasteiger partial charge in [-0.05, 0) is 46.5 Å². The van der Waals surface area contributed by atoms with E-state index >= 15 is 0 Å². The van der Waals surface area contributed by atoms with E-state index in [1.165, 1.54) is 103 Å². The lowest BCUT2D eigenvalue weighted by molar-refractivity contribution is -0.670. The molecule has 2 heterocycles. The summed E-state index contributed by atoms with van der Waals surface area (Å²) in [6.45, 7) is 2.12. The quantitative estimate of drug-likeness (QED) is 0.0886. The molecule has 3 heteroatoms. The highest BCUT2D eigenvalue weighted by Crippen LogP contribution is 2.30. The molecule has 8 aromatic rings. The molecule has 0 radical (unpaired) electrons. The summed E-state index contributed by atoms with van der Waals surface area (Å²) in [7, 11) is 0. The van der Waals surface area contributed by atoms with Crippen LogP contribution in [0.15, 0.2) is 134 Å². The van der Waals surface area contributed by atoms with Crippen molar-refractivity contribution in [2.45, 2.75) is 51.6 Å². The van der Waals surface area contributed by atoms with Gasteiger partial charge in [0.05, 0.1) is 21.5 Å². The topological polar surface area (TPSA) is 7.76 Å². The van der Waals surface area contributed by atoms with E-state index in [0.29, 0.717) is 0 Å². The zero-order valence-electron chi connectivity index (χ0n) is 25.6. The zero-order chi connectivity index (χ0) is 29.3. The Bertz CT molecular complexity index is 2140. The molecule has 6 aromatic carbocycles. The summed E-state index contributed by atoms with van der Waals surface area (Å²) in [5.41, 5.74) is 2.67. The molecule has 2 aromatic heterocycles. The van der Waals surface area contributed by atoms with Gasteiger partial charge in [-0.3, -0.25) is 0 Å². The Balaban J connectivity index is 0.00000325. The van der Waals surface area contributed by atoms with E-state index in [9.17, 15) is 0 Å². The number of hydrogen-bond donors (Lipinski definition) is 0. The maximum atomic E-state index is 2.50. The van der Waals surface area contributed by atoms with Gasteiger partial charge in [-0.1, -0.05) is 110 Å². The maximum absolute atomic E-state index is 2.50. The van der Waals surface area contributed by atoms with Gasteiger partial charge in [-0.2, -0.15) is 9.13 Å². The Morgan fingerprint density at radius 2 is 0.689 bits per heavy atom. The number of fused-ring (bicyclic) bond motifs is 10. The molecule has 0 aliphatic carbocycles. The second kappa shape index (κ2) is 12.9. The SMILES string of the molecule is [Br-].c1ccc2c(c1)ccc1c2c[n+](CCCCCCCC[n+]2cc3c4ccccc4ccc3c3ccccc32)c2ccccc12. The summed E-state index contributed by atoms with van der Waals surface area (Å²) in [5.74, 6) is 0. The molecule has 0 spiro atoms. The highest BCUT2D eigenvalue weighted by atomic mass is 79.9. The Kier molecular flexibility index (Phi) is 8.45. The third-order valence-electron chi connectivity index (χ3n) is 9.57. The van der Waals surface area contributed by atoms with Gasteiger partial charge in [0.25, 0.3) is 0 Å². The minimum absolute atomic E-state index is 0. The molecule has 8 rings (SSSR count). The molecular formula is C42H38BrN2+. The zero-order valence-corrected chi connectivity index (χ0v) is 27.2. The fourth-order valence-corrected chi connectivity index (χ4v) is 7.33. The van der Waals surface area contributed by atoms with Crippen LogP contribution in [0, 0.1) is 0 Å². The fourth-order valence-electron chi connectivity index (χ4n) is 7.33. The van der Waals surface area contributed by atoms with Crippen molar-refractivity contribution < 1.29 is 26.1 Å². The number of aromatic nitrogens is 2. The molecule has 0 amide bonds. The van der Waals surface area contributed by atoms with Crippen molar-refractivity contribution in [3.05, 3.63) is 134 Å². The molecule has 0 N–H and O–H groups in total. The molecule has 45 heavy (non-hydrogen) atoms. The summed E-state index contributed by atoms with van der Waals surface area (Å²) < 4.78 is 4.99. The molecule has 0 atom stereocenters. The number of rotatable bonds is 9. The Hall–Kier alpha value is -4.34. The van der Waals surface area contributed by atoms with E-state index in [1.54, 1.807) is 0 Å². The first-order chi connectivity index (χ1) is 21.8. The van der Waals surface area contributed by atoms with Crippen molar-refractivity contribution in [1.29, 1.82) is 0 Å². The summed E-state index contributed by atoms with van der Waals surface area (Å²) in [4.78, 5) is 0. The van der Waals surface area contributed by atoms with Crippen molar-refractivity contribution in [3.8, 4) is 0 Å². The van der Waals surface area contributed by atoms with Crippen LogP contribution in [0.4, 0.5) is 0 Å². The maximum Gasteiger partial charge on any atom is 0.213 e. The minimum Gasteiger partial charge on any atom is -1.00 e. The van der Waals surface area contributed by atoms with Gasteiger partial charge in [-0.15, -0.1) is 0 Å². The first-order valence-electron chi connectivity index (χ1n) is 16.3. The van der Waals surface area contributed by atoms with E-state index in [2.05, 4.69) is 143 Å². The smallest absolute Gasteiger partial charge is 0.213 e. The molecule has 0 saturated heterocycles. The number of aryl methyl sites for hydroxylation is 2. The van der Waals surface area contributed by atoms with Crippen LogP contribution >= 0.6 is 0 Å². The fraction of sp³-hybridized carbons (Fsp3) is 0.190. The monoisotopic (exact) mass is 649 g/mol. The van der Waals surface area contributed by atoms with Crippen molar-refractivity contribution in [3.63, 3.8) is 0 Å². The van der Waals surface area contributed by atoms with Gasteiger partial charge in [0, 0.05) is 35.7 Å². The minimum atomic E-state index is 0. The standard InChI is InChI=1S/C42H38N2.BrH/c1(3-13-27-43-29-39-33-17-7-5-15-31(33)23-25-35(39)37-19-9-11-21-41(37)43)2-4-14-28-44-30-40-34-18-8-6-16-32(34)24-26-36(40)38-20-10-12-22-42(38)44;/h5-12,15-26,29-30H,1-4,13-14,27-28H2;1H/q+2;/p-1. The molecule has 0 saturated carbocycles. The number of nitrogens with zero attached hydrogens (tertiary/aromatic N) is 2. The summed E-state index contributed by atoms with van der Waals surface area (Å²) in [6, 6.07) is 44.5. The number of benzene rings is 6. The van der Waals surface area contributed by atoms with Crippen LogP contribution in [0.25, 0.3) is 64.9 Å². The van der Waals surface area contributed by atoms with Crippen LogP contribution in [0.5, 0.6) is 0 Å². The van der Waals surface area contributed by atoms with Crippen molar-refractivity contribution in [2.24, 2.45) is 0 Å². The van der Waals surface area contributed by atoms with Gasteiger partial charge in [0.1, 0.15) is 13.1 Å². The van der Waals surface area contributed by atoms with Crippen LogP contribution in [-0.4, -0.2) is 0 Å². The Labute approximate surface area is 275 Å². The first kappa shape index (κ1) is 29.4. The predicted octanol–water partition coefficient (Wildman–Crippen LogP) is 7.23. The molecule has 0 aliphatic heterocycles. The van der Waals surface area contributed by atoms with Crippen LogP contribution in [0.1, 0.15) is 38.5 Å². The number of halogens is 1. The number of pyridine rings is 2. The van der Waals surface area contributed by atoms with E-state index in [4.69, 9.17) is 0 Å². The van der Waals surface area contributed by atoms with Crippen LogP contribution in [-0.2, 0) is 13.1 Å². The van der Waals surface area contributed by atoms with Gasteiger partial charge in [-0.25, -0.2) is 0 Å². The van der Waals surface area contributed by atoms with Crippen LogP contribution < -0.4 is 26.1 Å². The third kappa shape index (κ3) is 5.55. The van der Waals surface area contributed by atoms with Crippen molar-refractivity contribution in [2.75, 3.05) is 0 Å². The van der Waals surface area contributed by atoms with Gasteiger partial charge in [0.15, 0.2) is 12.4 Å². The lowest BCUT2D eigenvalue weighted by atomic mass is 10.00. The first-order valence-corrected chi connectivity index (χ1v) is 16.3. The number of hydrogen-bond acceptors (Lipinski definition) is 0. The molecule has 2 nitrogen and oxygen atoms in total. The molecule has 0 aliphatic rings. The normalized spacial score (nSPS) is 11.6. The average molecular weight is 651 g/mol. The van der Waals surface area contributed by atoms with Crippen LogP contribution in [0.2, 0.25) is 0 Å². The van der Waals surface area contributed by atoms with Gasteiger partial charge in [0.2, 0.25) is 11.0 Å². The molecule has 0 fully saturated rings. The molecular weight excluding hydrogens is 612 g/mol. The van der Waals surface area contributed by atoms with Gasteiger partial charge < -0.3 is 17.0 Å². The van der Waals surface area contributed by atoms with E-state index in [0.717, 1.165) is 13.1 Å². The number of para-hydroxylation sites is 2. The van der Waals surface area contributed by atoms with Crippen molar-refractivity contribution >= 4 is 64.9 Å². The highest BCUT2D eigenvalue weighted by Gasteiger charge is 2.16. The van der Waals surface area contributed by atoms with E-state index in [-0.39, 0.29) is 17.0 Å². The summed E-state index contributed by atoms with van der Waals surface area (Å²) in [6.07, 6.45) is 12.3. The van der Waals surface area contributed by atoms with E-state index in [1.807, 2.05) is 0 Å². The largest absolute Gasteiger partial charge is 1.00 e. The molecule has 222 valence electrons. The highest BCUT2D eigenvalue weighted by molar-refractivity contribution is 6.16. The summed E-state index contributed by atoms with van der Waals surface area (Å²) >= 11 is 0. The Morgan fingerprint density at radius 3 is 1.16 bits per heavy atom. The second-order valence-electron chi connectivity index (χ2n) is 12.3.